The third-order valence-corrected chi connectivity index (χ3v) is 6.58. The molecule has 0 aliphatic carbocycles. The Hall–Kier alpha value is -3.49. The highest BCUT2D eigenvalue weighted by Gasteiger charge is 2.34. The lowest BCUT2D eigenvalue weighted by molar-refractivity contribution is -0.115. The summed E-state index contributed by atoms with van der Waals surface area (Å²) < 4.78 is 52.8. The number of amides is 1. The molecule has 0 fully saturated rings. The molecule has 0 radical (unpaired) electrons. The van der Waals surface area contributed by atoms with Gasteiger partial charge < -0.3 is 0 Å². The van der Waals surface area contributed by atoms with Gasteiger partial charge >= 0.3 is 0 Å². The number of hydrogen-bond donors (Lipinski definition) is 2. The predicted octanol–water partition coefficient (Wildman–Crippen LogP) is 0.531. The van der Waals surface area contributed by atoms with Gasteiger partial charge in [0.05, 0.1) is 15.5 Å². The lowest BCUT2D eigenvalue weighted by Gasteiger charge is -2.08. The first-order chi connectivity index (χ1) is 13.2. The van der Waals surface area contributed by atoms with Crippen molar-refractivity contribution in [2.75, 3.05) is 0 Å². The van der Waals surface area contributed by atoms with E-state index < -0.39 is 31.5 Å². The van der Waals surface area contributed by atoms with Gasteiger partial charge in [0, 0.05) is 11.1 Å². The van der Waals surface area contributed by atoms with Crippen molar-refractivity contribution in [2.45, 2.75) is 9.79 Å². The summed E-state index contributed by atoms with van der Waals surface area (Å²) in [5.41, 5.74) is -0.687. The van der Waals surface area contributed by atoms with Crippen LogP contribution in [0.25, 0.3) is 5.70 Å². The number of carbonyl (C=O) groups excluding carboxylic acids is 2. The van der Waals surface area contributed by atoms with E-state index in [0.717, 1.165) is 12.1 Å². The number of rotatable bonds is 4. The van der Waals surface area contributed by atoms with Crippen LogP contribution in [-0.4, -0.2) is 29.0 Å². The van der Waals surface area contributed by atoms with Gasteiger partial charge in [-0.25, -0.2) is 21.6 Å². The van der Waals surface area contributed by atoms with E-state index in [0.29, 0.717) is 6.29 Å². The maximum Gasteiger partial charge on any atom is 0.277 e. The Morgan fingerprint density at radius 2 is 1.75 bits per heavy atom. The van der Waals surface area contributed by atoms with E-state index in [2.05, 4.69) is 4.72 Å². The van der Waals surface area contributed by atoms with Gasteiger partial charge in [0.15, 0.2) is 0 Å². The predicted molar refractivity (Wildman–Crippen MR) is 96.5 cm³/mol. The van der Waals surface area contributed by atoms with Crippen molar-refractivity contribution in [1.82, 2.24) is 9.44 Å². The summed E-state index contributed by atoms with van der Waals surface area (Å²) in [6.45, 7) is 0. The molecule has 0 spiro atoms. The fraction of sp³-hybridized carbons (Fsp3) is 0. The number of carbonyl (C=O) groups is 2. The molecule has 9 nitrogen and oxygen atoms in total. The molecule has 0 unspecified atom stereocenters. The molecule has 28 heavy (non-hydrogen) atoms. The first-order valence-electron chi connectivity index (χ1n) is 7.58. The SMILES string of the molecule is N#CC(C(=O)NS(=O)(=O)c1ccc(C=O)cc1)=C1NS(=O)(=O)c2ccccc21. The second kappa shape index (κ2) is 6.91. The van der Waals surface area contributed by atoms with Crippen LogP contribution in [-0.2, 0) is 24.8 Å². The van der Waals surface area contributed by atoms with Gasteiger partial charge in [0.1, 0.15) is 17.9 Å². The average Bonchev–Trinajstić information content (AvgIpc) is 2.93. The number of hydrogen-bond acceptors (Lipinski definition) is 7. The zero-order valence-electron chi connectivity index (χ0n) is 13.9. The smallest absolute Gasteiger partial charge is 0.277 e. The van der Waals surface area contributed by atoms with Crippen molar-refractivity contribution >= 4 is 37.9 Å². The van der Waals surface area contributed by atoms with Crippen LogP contribution in [0.3, 0.4) is 0 Å². The summed E-state index contributed by atoms with van der Waals surface area (Å²) in [7, 11) is -8.32. The third kappa shape index (κ3) is 3.38. The second-order valence-electron chi connectivity index (χ2n) is 5.58. The number of nitrogens with one attached hydrogen (secondary N) is 2. The van der Waals surface area contributed by atoms with Gasteiger partial charge in [0.25, 0.3) is 26.0 Å². The van der Waals surface area contributed by atoms with Crippen LogP contribution >= 0.6 is 0 Å². The minimum atomic E-state index is -4.35. The van der Waals surface area contributed by atoms with Gasteiger partial charge in [-0.3, -0.25) is 14.3 Å². The van der Waals surface area contributed by atoms with E-state index in [1.807, 2.05) is 0 Å². The summed E-state index contributed by atoms with van der Waals surface area (Å²) >= 11 is 0. The van der Waals surface area contributed by atoms with Gasteiger partial charge in [-0.1, -0.05) is 30.3 Å². The van der Waals surface area contributed by atoms with E-state index in [-0.39, 0.29) is 26.6 Å². The van der Waals surface area contributed by atoms with E-state index in [4.69, 9.17) is 0 Å². The molecule has 0 saturated heterocycles. The fourth-order valence-electron chi connectivity index (χ4n) is 2.52. The van der Waals surface area contributed by atoms with Gasteiger partial charge in [-0.05, 0) is 18.2 Å². The molecule has 142 valence electrons. The molecule has 2 aromatic carbocycles. The molecule has 0 atom stereocenters. The van der Waals surface area contributed by atoms with E-state index >= 15 is 0 Å². The van der Waals surface area contributed by atoms with Crippen molar-refractivity contribution in [1.29, 1.82) is 5.26 Å². The Balaban J connectivity index is 2.00. The molecule has 1 heterocycles. The van der Waals surface area contributed by atoms with Crippen LogP contribution in [0.5, 0.6) is 0 Å². The highest BCUT2D eigenvalue weighted by Crippen LogP contribution is 2.31. The first-order valence-corrected chi connectivity index (χ1v) is 10.6. The van der Waals surface area contributed by atoms with Crippen LogP contribution in [0.2, 0.25) is 0 Å². The van der Waals surface area contributed by atoms with Crippen LogP contribution in [0.15, 0.2) is 63.9 Å². The molecule has 11 heteroatoms. The number of aldehydes is 1. The molecular weight excluding hydrogens is 406 g/mol. The van der Waals surface area contributed by atoms with Gasteiger partial charge in [-0.2, -0.15) is 5.26 Å². The number of benzene rings is 2. The summed E-state index contributed by atoms with van der Waals surface area (Å²) in [5.74, 6) is -1.30. The zero-order chi connectivity index (χ0) is 20.5. The summed E-state index contributed by atoms with van der Waals surface area (Å²) in [6.07, 6.45) is 0.525. The largest absolute Gasteiger partial charge is 0.298 e. The topological polar surface area (TPSA) is 150 Å². The molecule has 0 saturated carbocycles. The highest BCUT2D eigenvalue weighted by atomic mass is 32.2. The second-order valence-corrected chi connectivity index (χ2v) is 8.92. The number of nitriles is 1. The minimum Gasteiger partial charge on any atom is -0.298 e. The van der Waals surface area contributed by atoms with Crippen molar-refractivity contribution in [2.24, 2.45) is 0 Å². The summed E-state index contributed by atoms with van der Waals surface area (Å²) in [4.78, 5) is 22.7. The maximum atomic E-state index is 12.4. The van der Waals surface area contributed by atoms with Gasteiger partial charge in [0.2, 0.25) is 0 Å². The normalized spacial score (nSPS) is 16.2. The zero-order valence-corrected chi connectivity index (χ0v) is 15.5. The number of nitrogens with zero attached hydrogens (tertiary/aromatic N) is 1. The molecular formula is C17H11N3O6S2. The Kier molecular flexibility index (Phi) is 4.76. The lowest BCUT2D eigenvalue weighted by atomic mass is 10.1. The molecule has 1 aliphatic rings. The molecule has 2 aromatic rings. The number of fused-ring (bicyclic) bond motifs is 1. The van der Waals surface area contributed by atoms with E-state index in [1.165, 1.54) is 36.4 Å². The lowest BCUT2D eigenvalue weighted by Crippen LogP contribution is -2.32. The van der Waals surface area contributed by atoms with Crippen molar-refractivity contribution in [3.8, 4) is 6.07 Å². The Labute approximate surface area is 160 Å². The maximum absolute atomic E-state index is 12.4. The van der Waals surface area contributed by atoms with Gasteiger partial charge in [-0.15, -0.1) is 0 Å². The quantitative estimate of drug-likeness (QED) is 0.418. The van der Waals surface area contributed by atoms with Crippen molar-refractivity contribution in [3.05, 3.63) is 65.2 Å². The molecule has 3 rings (SSSR count). The van der Waals surface area contributed by atoms with E-state index in [9.17, 15) is 31.7 Å². The standard InChI is InChI=1S/C17H11N3O6S2/c18-9-14(16-13-3-1-2-4-15(13)28(25,26)19-16)17(22)20-27(23,24)12-7-5-11(10-21)6-8-12/h1-8,10,19H,(H,20,22). The Bertz CT molecular complexity index is 1270. The monoisotopic (exact) mass is 417 g/mol. The van der Waals surface area contributed by atoms with Crippen molar-refractivity contribution in [3.63, 3.8) is 0 Å². The molecule has 1 amide bonds. The molecule has 2 N–H and O–H groups in total. The highest BCUT2D eigenvalue weighted by molar-refractivity contribution is 7.90. The summed E-state index contributed by atoms with van der Waals surface area (Å²) in [6, 6.07) is 11.9. The van der Waals surface area contributed by atoms with Crippen LogP contribution in [0.4, 0.5) is 0 Å². The van der Waals surface area contributed by atoms with E-state index in [1.54, 1.807) is 10.8 Å². The van der Waals surface area contributed by atoms with Crippen LogP contribution in [0.1, 0.15) is 15.9 Å². The first kappa shape index (κ1) is 19.3. The fourth-order valence-corrected chi connectivity index (χ4v) is 4.78. The molecule has 0 aromatic heterocycles. The Morgan fingerprint density at radius 1 is 1.11 bits per heavy atom. The average molecular weight is 417 g/mol. The molecule has 0 bridgehead atoms. The van der Waals surface area contributed by atoms with Crippen LogP contribution in [0, 0.1) is 11.3 Å². The number of sulfonamides is 2. The van der Waals surface area contributed by atoms with Crippen LogP contribution < -0.4 is 9.44 Å². The molecule has 1 aliphatic heterocycles. The third-order valence-electron chi connectivity index (χ3n) is 3.82. The Morgan fingerprint density at radius 3 is 2.36 bits per heavy atom. The minimum absolute atomic E-state index is 0.0851. The van der Waals surface area contributed by atoms with Crippen molar-refractivity contribution < 1.29 is 26.4 Å². The summed E-state index contributed by atoms with van der Waals surface area (Å²) in [5, 5.41) is 9.35.